The molecular formula is C19H31N3O5. The quantitative estimate of drug-likeness (QED) is 0.528. The van der Waals surface area contributed by atoms with Crippen LogP contribution in [-0.4, -0.2) is 66.3 Å². The Morgan fingerprint density at radius 3 is 2.19 bits per heavy atom. The lowest BCUT2D eigenvalue weighted by molar-refractivity contribution is -0.0828. The number of nitrogens with zero attached hydrogens (tertiary/aromatic N) is 1. The zero-order chi connectivity index (χ0) is 19.7. The number of hydrogen-bond acceptors (Lipinski definition) is 6. The van der Waals surface area contributed by atoms with Crippen LogP contribution >= 0.6 is 0 Å². The monoisotopic (exact) mass is 381 g/mol. The predicted octanol–water partition coefficient (Wildman–Crippen LogP) is 2.29. The van der Waals surface area contributed by atoms with Crippen molar-refractivity contribution in [2.45, 2.75) is 25.4 Å². The maximum atomic E-state index is 5.76. The Bertz CT molecular complexity index is 605. The van der Waals surface area contributed by atoms with E-state index in [4.69, 9.17) is 28.7 Å². The lowest BCUT2D eigenvalue weighted by atomic mass is 9.94. The summed E-state index contributed by atoms with van der Waals surface area (Å²) in [5, 5.41) is 6.55. The van der Waals surface area contributed by atoms with Crippen LogP contribution in [0.15, 0.2) is 17.1 Å². The summed E-state index contributed by atoms with van der Waals surface area (Å²) in [5.41, 5.74) is 0.498. The van der Waals surface area contributed by atoms with Crippen molar-refractivity contribution in [2.24, 2.45) is 4.99 Å². The Hall–Kier alpha value is -2.19. The number of rotatable bonds is 8. The van der Waals surface area contributed by atoms with Gasteiger partial charge in [0.15, 0.2) is 17.5 Å². The van der Waals surface area contributed by atoms with Crippen LogP contribution in [0.3, 0.4) is 0 Å². The molecule has 0 bridgehead atoms. The molecule has 0 unspecified atom stereocenters. The van der Waals surface area contributed by atoms with Gasteiger partial charge in [-0.3, -0.25) is 0 Å². The summed E-state index contributed by atoms with van der Waals surface area (Å²) in [6.45, 7) is 4.69. The molecule has 0 spiro atoms. The van der Waals surface area contributed by atoms with E-state index in [9.17, 15) is 0 Å². The fourth-order valence-corrected chi connectivity index (χ4v) is 2.99. The van der Waals surface area contributed by atoms with E-state index in [2.05, 4.69) is 10.6 Å². The van der Waals surface area contributed by atoms with E-state index in [0.717, 1.165) is 25.1 Å². The van der Waals surface area contributed by atoms with Gasteiger partial charge in [0.05, 0.1) is 33.5 Å². The van der Waals surface area contributed by atoms with Gasteiger partial charge in [0.25, 0.3) is 0 Å². The van der Waals surface area contributed by atoms with Crippen molar-refractivity contribution in [3.8, 4) is 17.2 Å². The average Bonchev–Trinajstić information content (AvgIpc) is 2.72. The molecule has 0 atom stereocenters. The van der Waals surface area contributed by atoms with Crippen molar-refractivity contribution in [1.29, 1.82) is 0 Å². The third-order valence-corrected chi connectivity index (χ3v) is 4.63. The average molecular weight is 381 g/mol. The van der Waals surface area contributed by atoms with Crippen LogP contribution in [0, 0.1) is 0 Å². The van der Waals surface area contributed by atoms with E-state index in [0.29, 0.717) is 43.0 Å². The van der Waals surface area contributed by atoms with E-state index in [-0.39, 0.29) is 5.60 Å². The van der Waals surface area contributed by atoms with Crippen LogP contribution in [0.4, 0.5) is 5.69 Å². The number of anilines is 1. The fourth-order valence-electron chi connectivity index (χ4n) is 2.99. The highest BCUT2D eigenvalue weighted by atomic mass is 16.5. The van der Waals surface area contributed by atoms with E-state index >= 15 is 0 Å². The topological polar surface area (TPSA) is 82.6 Å². The van der Waals surface area contributed by atoms with Crippen LogP contribution in [0.25, 0.3) is 0 Å². The van der Waals surface area contributed by atoms with Gasteiger partial charge in [-0.05, 0) is 6.92 Å². The molecule has 0 radical (unpaired) electrons. The van der Waals surface area contributed by atoms with Gasteiger partial charge in [-0.15, -0.1) is 0 Å². The second-order valence-electron chi connectivity index (χ2n) is 6.23. The normalized spacial score (nSPS) is 16.6. The van der Waals surface area contributed by atoms with Crippen molar-refractivity contribution < 1.29 is 23.7 Å². The smallest absolute Gasteiger partial charge is 0.203 e. The van der Waals surface area contributed by atoms with Gasteiger partial charge in [-0.25, -0.2) is 4.99 Å². The molecule has 1 fully saturated rings. The third-order valence-electron chi connectivity index (χ3n) is 4.63. The first kappa shape index (κ1) is 21.1. The van der Waals surface area contributed by atoms with Crippen molar-refractivity contribution >= 4 is 11.6 Å². The maximum Gasteiger partial charge on any atom is 0.203 e. The van der Waals surface area contributed by atoms with Crippen molar-refractivity contribution in [3.63, 3.8) is 0 Å². The fraction of sp³-hybridized carbons (Fsp3) is 0.632. The Balaban J connectivity index is 2.22. The number of aliphatic imine (C=N–C) groups is 1. The molecule has 0 saturated carbocycles. The number of nitrogens with one attached hydrogen (secondary N) is 2. The molecule has 1 aliphatic heterocycles. The first-order valence-electron chi connectivity index (χ1n) is 9.09. The van der Waals surface area contributed by atoms with E-state index in [1.807, 2.05) is 19.1 Å². The Morgan fingerprint density at radius 2 is 1.70 bits per heavy atom. The molecule has 8 heteroatoms. The highest BCUT2D eigenvalue weighted by Gasteiger charge is 2.32. The van der Waals surface area contributed by atoms with Gasteiger partial charge in [-0.1, -0.05) is 0 Å². The first-order chi connectivity index (χ1) is 13.1. The third kappa shape index (κ3) is 5.40. The summed E-state index contributed by atoms with van der Waals surface area (Å²) >= 11 is 0. The van der Waals surface area contributed by atoms with Gasteiger partial charge in [0.2, 0.25) is 5.75 Å². The Labute approximate surface area is 161 Å². The minimum absolute atomic E-state index is 0.282. The molecule has 1 aromatic rings. The number of ether oxygens (including phenoxy) is 5. The Kier molecular flexibility index (Phi) is 7.99. The van der Waals surface area contributed by atoms with Crippen LogP contribution in [0.2, 0.25) is 0 Å². The van der Waals surface area contributed by atoms with E-state index in [1.165, 1.54) is 0 Å². The van der Waals surface area contributed by atoms with Crippen molar-refractivity contribution in [2.75, 3.05) is 60.1 Å². The number of hydrogen-bond donors (Lipinski definition) is 2. The summed E-state index contributed by atoms with van der Waals surface area (Å²) in [6, 6.07) is 3.68. The second kappa shape index (κ2) is 10.2. The lowest BCUT2D eigenvalue weighted by Crippen LogP contribution is -2.42. The van der Waals surface area contributed by atoms with E-state index in [1.54, 1.807) is 28.4 Å². The molecule has 1 aromatic carbocycles. The van der Waals surface area contributed by atoms with Crippen LogP contribution < -0.4 is 24.8 Å². The summed E-state index contributed by atoms with van der Waals surface area (Å²) in [6.07, 6.45) is 1.66. The molecule has 8 nitrogen and oxygen atoms in total. The number of guanidine groups is 1. The SMILES string of the molecule is CCNC(=NCC1(OC)CCOCC1)Nc1cc(OC)c(OC)c(OC)c1. The Morgan fingerprint density at radius 1 is 1.07 bits per heavy atom. The minimum Gasteiger partial charge on any atom is -0.493 e. The van der Waals surface area contributed by atoms with Gasteiger partial charge in [-0.2, -0.15) is 0 Å². The molecule has 0 aromatic heterocycles. The summed E-state index contributed by atoms with van der Waals surface area (Å²) in [5.74, 6) is 2.36. The largest absolute Gasteiger partial charge is 0.493 e. The molecule has 0 aliphatic carbocycles. The second-order valence-corrected chi connectivity index (χ2v) is 6.23. The highest BCUT2D eigenvalue weighted by Crippen LogP contribution is 2.39. The number of methoxy groups -OCH3 is 4. The van der Waals surface area contributed by atoms with Gasteiger partial charge >= 0.3 is 0 Å². The summed E-state index contributed by atoms with van der Waals surface area (Å²) in [4.78, 5) is 4.73. The molecule has 1 saturated heterocycles. The standard InChI is InChI=1S/C19H31N3O5/c1-6-20-18(21-13-19(26-5)7-9-27-10-8-19)22-14-11-15(23-2)17(25-4)16(12-14)24-3/h11-12H,6-10,13H2,1-5H3,(H2,20,21,22). The molecule has 1 heterocycles. The van der Waals surface area contributed by atoms with Gasteiger partial charge < -0.3 is 34.3 Å². The maximum absolute atomic E-state index is 5.76. The summed E-state index contributed by atoms with van der Waals surface area (Å²) in [7, 11) is 6.50. The molecule has 2 rings (SSSR count). The number of benzene rings is 1. The lowest BCUT2D eigenvalue weighted by Gasteiger charge is -2.34. The van der Waals surface area contributed by atoms with Gasteiger partial charge in [0, 0.05) is 57.5 Å². The molecule has 152 valence electrons. The first-order valence-corrected chi connectivity index (χ1v) is 9.09. The molecule has 27 heavy (non-hydrogen) atoms. The molecule has 1 aliphatic rings. The van der Waals surface area contributed by atoms with Crippen LogP contribution in [0.5, 0.6) is 17.2 Å². The predicted molar refractivity (Wildman–Crippen MR) is 105 cm³/mol. The summed E-state index contributed by atoms with van der Waals surface area (Å²) < 4.78 is 27.4. The molecular weight excluding hydrogens is 350 g/mol. The molecule has 0 amide bonds. The molecule has 2 N–H and O–H groups in total. The van der Waals surface area contributed by atoms with Crippen molar-refractivity contribution in [3.05, 3.63) is 12.1 Å². The van der Waals surface area contributed by atoms with Gasteiger partial charge in [0.1, 0.15) is 0 Å². The zero-order valence-corrected chi connectivity index (χ0v) is 16.9. The highest BCUT2D eigenvalue weighted by molar-refractivity contribution is 5.94. The van der Waals surface area contributed by atoms with Crippen LogP contribution in [0.1, 0.15) is 19.8 Å². The van der Waals surface area contributed by atoms with Crippen LogP contribution in [-0.2, 0) is 9.47 Å². The van der Waals surface area contributed by atoms with E-state index < -0.39 is 0 Å². The minimum atomic E-state index is -0.282. The zero-order valence-electron chi connectivity index (χ0n) is 16.9. The van der Waals surface area contributed by atoms with Crippen molar-refractivity contribution in [1.82, 2.24) is 5.32 Å².